The van der Waals surface area contributed by atoms with E-state index in [2.05, 4.69) is 39.0 Å². The summed E-state index contributed by atoms with van der Waals surface area (Å²) in [6.07, 6.45) is 1.31. The average Bonchev–Trinajstić information content (AvgIpc) is 3.46. The molecular weight excluding hydrogens is 543 g/mol. The van der Waals surface area contributed by atoms with Gasteiger partial charge in [0.15, 0.2) is 5.13 Å². The van der Waals surface area contributed by atoms with Crippen molar-refractivity contribution in [1.29, 1.82) is 0 Å². The van der Waals surface area contributed by atoms with Crippen LogP contribution in [0.5, 0.6) is 0 Å². The van der Waals surface area contributed by atoms with Crippen molar-refractivity contribution in [2.45, 2.75) is 58.4 Å². The summed E-state index contributed by atoms with van der Waals surface area (Å²) in [5, 5.41) is 2.25. The highest BCUT2D eigenvalue weighted by Gasteiger charge is 2.36. The largest absolute Gasteiger partial charge is 0.460 e. The molecule has 0 spiro atoms. The zero-order valence-corrected chi connectivity index (χ0v) is 22.4. The molecular formula is C25H25ClF3N5O3S. The Kier molecular flexibility index (Phi) is 7.93. The monoisotopic (exact) mass is 567 g/mol. The van der Waals surface area contributed by atoms with Crippen LogP contribution in [0.25, 0.3) is 11.3 Å². The second kappa shape index (κ2) is 10.9. The maximum atomic E-state index is 13.4. The van der Waals surface area contributed by atoms with E-state index >= 15 is 0 Å². The maximum absolute atomic E-state index is 13.4. The first-order valence-corrected chi connectivity index (χ1v) is 13.0. The highest BCUT2D eigenvalue weighted by molar-refractivity contribution is 7.16. The molecule has 1 aliphatic heterocycles. The molecule has 13 heteroatoms. The molecule has 0 radical (unpaired) electrons. The summed E-state index contributed by atoms with van der Waals surface area (Å²) < 4.78 is 45.3. The number of benzene rings is 1. The van der Waals surface area contributed by atoms with E-state index < -0.39 is 28.6 Å². The number of aromatic nitrogens is 3. The molecule has 1 amide bonds. The number of amides is 1. The second-order valence-electron chi connectivity index (χ2n) is 9.08. The predicted octanol–water partition coefficient (Wildman–Crippen LogP) is 6.36. The van der Waals surface area contributed by atoms with Gasteiger partial charge in [-0.05, 0) is 38.3 Å². The Balaban J connectivity index is 1.59. The molecule has 3 aromatic rings. The van der Waals surface area contributed by atoms with Crippen LogP contribution >= 0.6 is 22.9 Å². The summed E-state index contributed by atoms with van der Waals surface area (Å²) in [6.45, 7) is 6.13. The Morgan fingerprint density at radius 1 is 1.26 bits per heavy atom. The molecule has 0 bridgehead atoms. The molecule has 4 rings (SSSR count). The van der Waals surface area contributed by atoms with Crippen LogP contribution in [0, 0.1) is 0 Å². The van der Waals surface area contributed by atoms with E-state index in [1.165, 1.54) is 19.2 Å². The van der Waals surface area contributed by atoms with Gasteiger partial charge in [0.05, 0.1) is 33.6 Å². The van der Waals surface area contributed by atoms with Crippen LogP contribution in [-0.4, -0.2) is 38.9 Å². The smallest absolute Gasteiger partial charge is 0.417 e. The molecule has 1 aromatic carbocycles. The quantitative estimate of drug-likeness (QED) is 0.332. The second-order valence-corrected chi connectivity index (χ2v) is 10.6. The number of rotatable bonds is 7. The molecule has 1 saturated heterocycles. The highest BCUT2D eigenvalue weighted by atomic mass is 35.5. The van der Waals surface area contributed by atoms with E-state index in [0.29, 0.717) is 10.7 Å². The molecule has 1 atom stereocenters. The fraction of sp³-hybridized carbons (Fsp3) is 0.400. The van der Waals surface area contributed by atoms with Gasteiger partial charge >= 0.3 is 12.1 Å². The van der Waals surface area contributed by atoms with Crippen LogP contribution in [0.4, 0.5) is 24.1 Å². The fourth-order valence-corrected chi connectivity index (χ4v) is 5.42. The Morgan fingerprint density at radius 2 is 2.03 bits per heavy atom. The van der Waals surface area contributed by atoms with Crippen LogP contribution in [0.2, 0.25) is 5.02 Å². The third-order valence-corrected chi connectivity index (χ3v) is 7.80. The third-order valence-electron chi connectivity index (χ3n) is 6.53. The lowest BCUT2D eigenvalue weighted by Crippen LogP contribution is -2.41. The number of nitrogens with zero attached hydrogens (tertiary/aromatic N) is 4. The molecule has 2 aromatic heterocycles. The highest BCUT2D eigenvalue weighted by Crippen LogP contribution is 2.39. The molecule has 1 N–H and O–H groups in total. The minimum atomic E-state index is -4.68. The van der Waals surface area contributed by atoms with Crippen LogP contribution in [-0.2, 0) is 22.3 Å². The van der Waals surface area contributed by atoms with E-state index in [9.17, 15) is 22.8 Å². The number of hydrogen-bond donors (Lipinski definition) is 1. The van der Waals surface area contributed by atoms with Crippen molar-refractivity contribution < 1.29 is 27.5 Å². The molecule has 3 heterocycles. The Hall–Kier alpha value is -3.25. The molecule has 38 heavy (non-hydrogen) atoms. The number of carbonyl (C=O) groups is 2. The van der Waals surface area contributed by atoms with E-state index in [1.807, 2.05) is 0 Å². The average molecular weight is 568 g/mol. The predicted molar refractivity (Wildman–Crippen MR) is 138 cm³/mol. The first-order valence-electron chi connectivity index (χ1n) is 11.8. The number of thiazole rings is 1. The number of nitrogens with one attached hydrogen (secondary N) is 1. The van der Waals surface area contributed by atoms with Gasteiger partial charge in [-0.2, -0.15) is 13.2 Å². The lowest BCUT2D eigenvalue weighted by Gasteiger charge is -2.35. The summed E-state index contributed by atoms with van der Waals surface area (Å²) in [5.41, 5.74) is -0.754. The zero-order chi connectivity index (χ0) is 27.7. The zero-order valence-electron chi connectivity index (χ0n) is 20.9. The first kappa shape index (κ1) is 27.8. The van der Waals surface area contributed by atoms with Crippen molar-refractivity contribution >= 4 is 45.8 Å². The van der Waals surface area contributed by atoms with Gasteiger partial charge in [0, 0.05) is 24.6 Å². The number of ether oxygens (including phenoxy) is 1. The maximum Gasteiger partial charge on any atom is 0.417 e. The van der Waals surface area contributed by atoms with Crippen LogP contribution in [0.3, 0.4) is 0 Å². The lowest BCUT2D eigenvalue weighted by atomic mass is 9.96. The van der Waals surface area contributed by atoms with Crippen LogP contribution in [0.1, 0.15) is 61.0 Å². The number of alkyl halides is 3. The van der Waals surface area contributed by atoms with E-state index in [4.69, 9.17) is 16.3 Å². The van der Waals surface area contributed by atoms with Gasteiger partial charge < -0.3 is 9.64 Å². The number of carbonyl (C=O) groups excluding carboxylic acids is 2. The van der Waals surface area contributed by atoms with Crippen molar-refractivity contribution in [2.24, 2.45) is 0 Å². The normalized spacial score (nSPS) is 17.5. The van der Waals surface area contributed by atoms with Crippen LogP contribution < -0.4 is 10.2 Å². The van der Waals surface area contributed by atoms with Crippen molar-refractivity contribution in [2.75, 3.05) is 16.8 Å². The van der Waals surface area contributed by atoms with E-state index in [1.54, 1.807) is 6.20 Å². The van der Waals surface area contributed by atoms with Gasteiger partial charge in [-0.15, -0.1) is 0 Å². The molecule has 0 aliphatic carbocycles. The molecule has 8 nitrogen and oxygen atoms in total. The summed E-state index contributed by atoms with van der Waals surface area (Å²) in [7, 11) is 0. The summed E-state index contributed by atoms with van der Waals surface area (Å²) in [4.78, 5) is 39.8. The molecule has 202 valence electrons. The first-order chi connectivity index (χ1) is 17.9. The number of anilines is 2. The lowest BCUT2D eigenvalue weighted by molar-refractivity contribution is -0.142. The Morgan fingerprint density at radius 3 is 2.66 bits per heavy atom. The van der Waals surface area contributed by atoms with Crippen molar-refractivity contribution in [3.63, 3.8) is 0 Å². The number of halogens is 4. The summed E-state index contributed by atoms with van der Waals surface area (Å²) in [6, 6.07) is 3.36. The fourth-order valence-electron chi connectivity index (χ4n) is 4.31. The minimum Gasteiger partial charge on any atom is -0.460 e. The topological polar surface area (TPSA) is 97.3 Å². The van der Waals surface area contributed by atoms with Crippen molar-refractivity contribution in [1.82, 2.24) is 15.0 Å². The van der Waals surface area contributed by atoms with E-state index in [-0.39, 0.29) is 34.2 Å². The standard InChI is InChI=1S/C25H25ClF3N5O3S/c1-4-24(3)8-5-9-34(24)20-12-30-18(11-31-20)22(36)33-23-32-21(19(38-23)13-37-14(2)35)15-6-7-17(26)16(10-15)25(27,28)29/h6-7,10-12H,4-5,8-9,13H2,1-3H3,(H,32,33,36)/t24-/m1/s1. The van der Waals surface area contributed by atoms with Gasteiger partial charge in [0.25, 0.3) is 5.91 Å². The number of esters is 1. The van der Waals surface area contributed by atoms with Gasteiger partial charge in [0.2, 0.25) is 0 Å². The van der Waals surface area contributed by atoms with Gasteiger partial charge in [-0.25, -0.2) is 15.0 Å². The number of hydrogen-bond acceptors (Lipinski definition) is 8. The van der Waals surface area contributed by atoms with Crippen LogP contribution in [0.15, 0.2) is 30.6 Å². The van der Waals surface area contributed by atoms with Crippen molar-refractivity contribution in [3.8, 4) is 11.3 Å². The van der Waals surface area contributed by atoms with Gasteiger partial charge in [-0.1, -0.05) is 35.9 Å². The SMILES string of the molecule is CC[C@]1(C)CCCN1c1cnc(C(=O)Nc2nc(-c3ccc(Cl)c(C(F)(F)F)c3)c(COC(C)=O)s2)cn1. The Bertz CT molecular complexity index is 1350. The molecule has 1 aliphatic rings. The molecule has 0 saturated carbocycles. The molecule has 1 fully saturated rings. The summed E-state index contributed by atoms with van der Waals surface area (Å²) in [5.74, 6) is -0.475. The third kappa shape index (κ3) is 5.91. The Labute approximate surface area is 226 Å². The van der Waals surface area contributed by atoms with Crippen molar-refractivity contribution in [3.05, 3.63) is 51.7 Å². The van der Waals surface area contributed by atoms with Gasteiger partial charge in [-0.3, -0.25) is 14.9 Å². The molecule has 0 unspecified atom stereocenters. The van der Waals surface area contributed by atoms with Gasteiger partial charge in [0.1, 0.15) is 18.1 Å². The minimum absolute atomic E-state index is 0.0122. The van der Waals surface area contributed by atoms with E-state index in [0.717, 1.165) is 49.3 Å². The summed E-state index contributed by atoms with van der Waals surface area (Å²) >= 11 is 6.72.